The standard InChI is InChI=1S/C19H25N5O2.H2O.H2/c1-14-13-16(22-26)6-7-17(14)21-19(25)15(2)23-9-11-24(12-10-23)18-5-3-4-8-20-18;;/h3-8,13,15,22,26H,9-12H2,1-2H3,(H,21,25);1H2;1H. The first-order valence-corrected chi connectivity index (χ1v) is 8.80. The molecule has 1 unspecified atom stereocenters. The molecular formula is C19H29N5O3. The van der Waals surface area contributed by atoms with Crippen LogP contribution in [0.3, 0.4) is 0 Å². The lowest BCUT2D eigenvalue weighted by molar-refractivity contribution is -0.120. The Balaban J connectivity index is 0.00000196. The van der Waals surface area contributed by atoms with Gasteiger partial charge in [0.2, 0.25) is 5.91 Å². The Morgan fingerprint density at radius 2 is 1.96 bits per heavy atom. The average Bonchev–Trinajstić information content (AvgIpc) is 2.69. The second-order valence-corrected chi connectivity index (χ2v) is 6.52. The topological polar surface area (TPSA) is 112 Å². The van der Waals surface area contributed by atoms with E-state index in [2.05, 4.69) is 25.6 Å². The van der Waals surface area contributed by atoms with Crippen molar-refractivity contribution in [2.75, 3.05) is 41.9 Å². The maximum Gasteiger partial charge on any atom is 0.241 e. The highest BCUT2D eigenvalue weighted by molar-refractivity contribution is 5.95. The van der Waals surface area contributed by atoms with Crippen molar-refractivity contribution in [3.05, 3.63) is 48.2 Å². The van der Waals surface area contributed by atoms with Crippen LogP contribution in [0.25, 0.3) is 0 Å². The zero-order valence-electron chi connectivity index (χ0n) is 15.6. The van der Waals surface area contributed by atoms with Gasteiger partial charge in [0.25, 0.3) is 0 Å². The molecule has 1 aliphatic rings. The molecule has 2 aromatic rings. The molecular weight excluding hydrogens is 346 g/mol. The fourth-order valence-electron chi connectivity index (χ4n) is 3.16. The SMILES string of the molecule is Cc1cc(NO)ccc1NC(=O)C(C)N1CCN(c2ccccn2)CC1.O.[HH]. The first kappa shape index (κ1) is 20.6. The van der Waals surface area contributed by atoms with Crippen molar-refractivity contribution in [3.63, 3.8) is 0 Å². The Bertz CT molecular complexity index is 754. The van der Waals surface area contributed by atoms with Gasteiger partial charge in [-0.25, -0.2) is 4.98 Å². The molecule has 1 aromatic carbocycles. The van der Waals surface area contributed by atoms with Gasteiger partial charge < -0.3 is 15.7 Å². The third kappa shape index (κ3) is 4.94. The van der Waals surface area contributed by atoms with Gasteiger partial charge in [0, 0.05) is 39.5 Å². The molecule has 0 radical (unpaired) electrons. The molecule has 8 nitrogen and oxygen atoms in total. The molecule has 0 saturated carbocycles. The number of carbonyl (C=O) groups is 1. The van der Waals surface area contributed by atoms with Crippen molar-refractivity contribution in [2.24, 2.45) is 0 Å². The summed E-state index contributed by atoms with van der Waals surface area (Å²) in [6.07, 6.45) is 1.80. The predicted molar refractivity (Wildman–Crippen MR) is 108 cm³/mol. The first-order valence-electron chi connectivity index (χ1n) is 8.80. The van der Waals surface area contributed by atoms with Crippen LogP contribution in [0, 0.1) is 6.92 Å². The molecule has 8 heteroatoms. The van der Waals surface area contributed by atoms with Crippen LogP contribution in [0.5, 0.6) is 0 Å². The van der Waals surface area contributed by atoms with Crippen molar-refractivity contribution < 1.29 is 16.9 Å². The van der Waals surface area contributed by atoms with Crippen LogP contribution in [-0.2, 0) is 4.79 Å². The van der Waals surface area contributed by atoms with Gasteiger partial charge in [-0.05, 0) is 49.7 Å². The van der Waals surface area contributed by atoms with Gasteiger partial charge in [0.05, 0.1) is 11.7 Å². The average molecular weight is 375 g/mol. The minimum Gasteiger partial charge on any atom is -0.412 e. The van der Waals surface area contributed by atoms with Gasteiger partial charge in [0.1, 0.15) is 5.82 Å². The Labute approximate surface area is 160 Å². The molecule has 148 valence electrons. The molecule has 1 atom stereocenters. The van der Waals surface area contributed by atoms with E-state index in [0.717, 1.165) is 43.2 Å². The van der Waals surface area contributed by atoms with Crippen LogP contribution in [0.4, 0.5) is 17.2 Å². The van der Waals surface area contributed by atoms with Crippen molar-refractivity contribution in [2.45, 2.75) is 19.9 Å². The largest absolute Gasteiger partial charge is 0.412 e. The van der Waals surface area contributed by atoms with Crippen molar-refractivity contribution in [3.8, 4) is 0 Å². The van der Waals surface area contributed by atoms with Gasteiger partial charge in [-0.1, -0.05) is 6.07 Å². The lowest BCUT2D eigenvalue weighted by Crippen LogP contribution is -2.53. The van der Waals surface area contributed by atoms with E-state index in [-0.39, 0.29) is 18.9 Å². The van der Waals surface area contributed by atoms with E-state index in [0.29, 0.717) is 5.69 Å². The molecule has 1 amide bonds. The first-order chi connectivity index (χ1) is 12.6. The fourth-order valence-corrected chi connectivity index (χ4v) is 3.16. The Morgan fingerprint density at radius 3 is 2.56 bits per heavy atom. The summed E-state index contributed by atoms with van der Waals surface area (Å²) in [5, 5.41) is 11.9. The lowest BCUT2D eigenvalue weighted by atomic mass is 10.1. The summed E-state index contributed by atoms with van der Waals surface area (Å²) in [4.78, 5) is 21.4. The number of piperazine rings is 1. The Hall–Kier alpha value is -2.68. The minimum atomic E-state index is -0.212. The van der Waals surface area contributed by atoms with E-state index < -0.39 is 0 Å². The van der Waals surface area contributed by atoms with E-state index in [4.69, 9.17) is 5.21 Å². The summed E-state index contributed by atoms with van der Waals surface area (Å²) in [6.45, 7) is 7.17. The summed E-state index contributed by atoms with van der Waals surface area (Å²) in [5.74, 6) is 0.960. The summed E-state index contributed by atoms with van der Waals surface area (Å²) in [6, 6.07) is 11.0. The maximum atomic E-state index is 12.6. The number of carbonyl (C=O) groups excluding carboxylic acids is 1. The van der Waals surface area contributed by atoms with Gasteiger partial charge in [0.15, 0.2) is 0 Å². The van der Waals surface area contributed by atoms with Crippen molar-refractivity contribution in [1.82, 2.24) is 9.88 Å². The smallest absolute Gasteiger partial charge is 0.241 e. The van der Waals surface area contributed by atoms with Gasteiger partial charge in [-0.3, -0.25) is 20.4 Å². The van der Waals surface area contributed by atoms with Crippen LogP contribution in [0.15, 0.2) is 42.6 Å². The van der Waals surface area contributed by atoms with E-state index in [1.165, 1.54) is 0 Å². The predicted octanol–water partition coefficient (Wildman–Crippen LogP) is 1.76. The van der Waals surface area contributed by atoms with Crippen LogP contribution in [-0.4, -0.2) is 58.7 Å². The third-order valence-electron chi connectivity index (χ3n) is 4.83. The molecule has 1 aromatic heterocycles. The van der Waals surface area contributed by atoms with Crippen LogP contribution >= 0.6 is 0 Å². The number of hydrogen-bond donors (Lipinski definition) is 3. The number of benzene rings is 1. The maximum absolute atomic E-state index is 12.6. The number of nitrogens with zero attached hydrogens (tertiary/aromatic N) is 3. The van der Waals surface area contributed by atoms with Crippen LogP contribution in [0.2, 0.25) is 0 Å². The lowest BCUT2D eigenvalue weighted by Gasteiger charge is -2.38. The number of amides is 1. The van der Waals surface area contributed by atoms with Crippen LogP contribution in [0.1, 0.15) is 13.9 Å². The van der Waals surface area contributed by atoms with Gasteiger partial charge in [-0.2, -0.15) is 0 Å². The quantitative estimate of drug-likeness (QED) is 0.687. The molecule has 1 saturated heterocycles. The number of hydrogen-bond acceptors (Lipinski definition) is 6. The summed E-state index contributed by atoms with van der Waals surface area (Å²) < 4.78 is 0. The second-order valence-electron chi connectivity index (χ2n) is 6.52. The molecule has 1 fully saturated rings. The molecule has 0 spiro atoms. The molecule has 0 aliphatic carbocycles. The molecule has 1 aliphatic heterocycles. The van der Waals surface area contributed by atoms with E-state index in [1.807, 2.05) is 32.0 Å². The number of aromatic nitrogens is 1. The zero-order valence-corrected chi connectivity index (χ0v) is 15.6. The zero-order chi connectivity index (χ0) is 18.5. The normalized spacial score (nSPS) is 15.6. The fraction of sp³-hybridized carbons (Fsp3) is 0.368. The van der Waals surface area contributed by atoms with E-state index >= 15 is 0 Å². The second kappa shape index (κ2) is 9.31. The number of anilines is 3. The van der Waals surface area contributed by atoms with E-state index in [9.17, 15) is 4.79 Å². The number of rotatable bonds is 5. The minimum absolute atomic E-state index is 0. The highest BCUT2D eigenvalue weighted by Gasteiger charge is 2.26. The van der Waals surface area contributed by atoms with E-state index in [1.54, 1.807) is 24.4 Å². The molecule has 2 heterocycles. The molecule has 5 N–H and O–H groups in total. The van der Waals surface area contributed by atoms with Crippen LogP contribution < -0.4 is 15.7 Å². The van der Waals surface area contributed by atoms with Gasteiger partial charge in [-0.15, -0.1) is 0 Å². The number of pyridine rings is 1. The third-order valence-corrected chi connectivity index (χ3v) is 4.83. The molecule has 3 rings (SSSR count). The van der Waals surface area contributed by atoms with Crippen molar-refractivity contribution in [1.29, 1.82) is 0 Å². The Kier molecular flexibility index (Phi) is 7.12. The summed E-state index contributed by atoms with van der Waals surface area (Å²) in [5.41, 5.74) is 4.36. The Morgan fingerprint density at radius 1 is 1.22 bits per heavy atom. The molecule has 0 bridgehead atoms. The van der Waals surface area contributed by atoms with Gasteiger partial charge >= 0.3 is 0 Å². The number of aryl methyl sites for hydroxylation is 1. The highest BCUT2D eigenvalue weighted by Crippen LogP contribution is 2.20. The summed E-state index contributed by atoms with van der Waals surface area (Å²) in [7, 11) is 0. The highest BCUT2D eigenvalue weighted by atomic mass is 16.5. The monoisotopic (exact) mass is 375 g/mol. The number of nitrogens with one attached hydrogen (secondary N) is 2. The summed E-state index contributed by atoms with van der Waals surface area (Å²) >= 11 is 0. The molecule has 27 heavy (non-hydrogen) atoms. The van der Waals surface area contributed by atoms with Crippen molar-refractivity contribution >= 4 is 23.1 Å².